The first-order valence-corrected chi connectivity index (χ1v) is 11.1. The van der Waals surface area contributed by atoms with Crippen molar-refractivity contribution in [3.8, 4) is 5.88 Å². The van der Waals surface area contributed by atoms with Crippen LogP contribution in [0.25, 0.3) is 10.8 Å². The van der Waals surface area contributed by atoms with E-state index in [1.165, 1.54) is 10.1 Å². The van der Waals surface area contributed by atoms with Crippen LogP contribution in [0.1, 0.15) is 56.3 Å². The van der Waals surface area contributed by atoms with Crippen LogP contribution in [0, 0.1) is 0 Å². The summed E-state index contributed by atoms with van der Waals surface area (Å²) in [5, 5.41) is 17.2. The van der Waals surface area contributed by atoms with Crippen LogP contribution in [0.15, 0.2) is 48.7 Å². The minimum Gasteiger partial charge on any atom is -0.494 e. The van der Waals surface area contributed by atoms with E-state index >= 15 is 0 Å². The number of imide groups is 1. The van der Waals surface area contributed by atoms with Gasteiger partial charge >= 0.3 is 0 Å². The maximum Gasteiger partial charge on any atom is 0.249 e. The van der Waals surface area contributed by atoms with E-state index in [2.05, 4.69) is 43.5 Å². The first-order chi connectivity index (χ1) is 15.6. The summed E-state index contributed by atoms with van der Waals surface area (Å²) in [5.41, 5.74) is 3.15. The van der Waals surface area contributed by atoms with E-state index in [9.17, 15) is 19.5 Å². The Hall–Kier alpha value is -3.61. The molecular formula is C26H29N3O4. The highest BCUT2D eigenvalue weighted by atomic mass is 16.3. The molecule has 7 nitrogen and oxygen atoms in total. The van der Waals surface area contributed by atoms with Gasteiger partial charge in [-0.3, -0.25) is 19.7 Å². The lowest BCUT2D eigenvalue weighted by Crippen LogP contribution is -2.41. The van der Waals surface area contributed by atoms with E-state index in [1.807, 2.05) is 24.3 Å². The highest BCUT2D eigenvalue weighted by Gasteiger charge is 2.30. The first kappa shape index (κ1) is 22.6. The number of aromatic hydroxyl groups is 1. The molecule has 172 valence electrons. The van der Waals surface area contributed by atoms with Crippen molar-refractivity contribution in [1.29, 1.82) is 0 Å². The fourth-order valence-electron chi connectivity index (χ4n) is 4.14. The van der Waals surface area contributed by atoms with Gasteiger partial charge in [-0.15, -0.1) is 0 Å². The predicted molar refractivity (Wildman–Crippen MR) is 126 cm³/mol. The molecule has 7 heteroatoms. The summed E-state index contributed by atoms with van der Waals surface area (Å²) in [6.45, 7) is 6.83. The fraction of sp³-hybridized carbons (Fsp3) is 0.346. The number of hydrogen-bond donors (Lipinski definition) is 3. The summed E-state index contributed by atoms with van der Waals surface area (Å²) >= 11 is 0. The molecule has 1 saturated heterocycles. The van der Waals surface area contributed by atoms with E-state index in [0.29, 0.717) is 24.8 Å². The van der Waals surface area contributed by atoms with E-state index in [4.69, 9.17) is 0 Å². The van der Waals surface area contributed by atoms with Crippen LogP contribution in [0.4, 0.5) is 0 Å². The third-order valence-electron chi connectivity index (χ3n) is 6.10. The molecule has 2 aromatic carbocycles. The fourth-order valence-corrected chi connectivity index (χ4v) is 4.14. The number of aromatic nitrogens is 1. The maximum atomic E-state index is 12.4. The number of piperidine rings is 1. The standard InChI is InChI=1S/C26H29N3O4/c1-26(2,3)19-7-4-16(5-8-19)13-23(31)27-14-17-6-9-20-18(12-17)15-29(25(20)33)21-10-11-22(30)28-24(21)32/h4-9,12,15,21,33H,10-11,13-14H2,1-3H3,(H,27,31)(H,28,30,32). The van der Waals surface area contributed by atoms with Crippen molar-refractivity contribution < 1.29 is 19.5 Å². The quantitative estimate of drug-likeness (QED) is 0.521. The summed E-state index contributed by atoms with van der Waals surface area (Å²) in [5.74, 6) is -0.781. The van der Waals surface area contributed by atoms with Gasteiger partial charge in [0, 0.05) is 29.9 Å². The predicted octanol–water partition coefficient (Wildman–Crippen LogP) is 3.48. The minimum atomic E-state index is -0.622. The molecule has 1 aliphatic heterocycles. The molecule has 0 radical (unpaired) electrons. The van der Waals surface area contributed by atoms with Crippen LogP contribution in [0.5, 0.6) is 5.88 Å². The third kappa shape index (κ3) is 4.92. The number of benzene rings is 2. The smallest absolute Gasteiger partial charge is 0.249 e. The largest absolute Gasteiger partial charge is 0.494 e. The van der Waals surface area contributed by atoms with Crippen LogP contribution < -0.4 is 10.6 Å². The van der Waals surface area contributed by atoms with Gasteiger partial charge in [0.1, 0.15) is 6.04 Å². The van der Waals surface area contributed by atoms with Gasteiger partial charge in [0.25, 0.3) is 0 Å². The zero-order valence-corrected chi connectivity index (χ0v) is 19.1. The molecule has 0 aliphatic carbocycles. The first-order valence-electron chi connectivity index (χ1n) is 11.1. The second kappa shape index (κ2) is 8.73. The molecule has 0 spiro atoms. The van der Waals surface area contributed by atoms with Gasteiger partial charge in [-0.2, -0.15) is 0 Å². The molecule has 33 heavy (non-hydrogen) atoms. The molecule has 1 unspecified atom stereocenters. The number of rotatable bonds is 5. The van der Waals surface area contributed by atoms with Crippen LogP contribution in [-0.2, 0) is 32.8 Å². The van der Waals surface area contributed by atoms with Crippen molar-refractivity contribution in [3.63, 3.8) is 0 Å². The molecule has 3 N–H and O–H groups in total. The lowest BCUT2D eigenvalue weighted by molar-refractivity contribution is -0.135. The van der Waals surface area contributed by atoms with Gasteiger partial charge in [-0.25, -0.2) is 0 Å². The number of nitrogens with one attached hydrogen (secondary N) is 2. The number of hydrogen-bond acceptors (Lipinski definition) is 4. The number of amides is 3. The molecule has 1 aromatic heterocycles. The highest BCUT2D eigenvalue weighted by molar-refractivity contribution is 6.00. The van der Waals surface area contributed by atoms with Crippen molar-refractivity contribution >= 4 is 28.5 Å². The molecular weight excluding hydrogens is 418 g/mol. The Morgan fingerprint density at radius 1 is 1.12 bits per heavy atom. The molecule has 4 rings (SSSR count). The molecule has 1 fully saturated rings. The Kier molecular flexibility index (Phi) is 5.97. The second-order valence-electron chi connectivity index (χ2n) is 9.65. The van der Waals surface area contributed by atoms with Gasteiger partial charge < -0.3 is 15.0 Å². The summed E-state index contributed by atoms with van der Waals surface area (Å²) in [6, 6.07) is 13.0. The van der Waals surface area contributed by atoms with Gasteiger partial charge in [0.15, 0.2) is 5.88 Å². The van der Waals surface area contributed by atoms with Gasteiger partial charge in [0.2, 0.25) is 17.7 Å². The molecule has 1 aliphatic rings. The van der Waals surface area contributed by atoms with E-state index in [1.54, 1.807) is 12.3 Å². The normalized spacial score (nSPS) is 16.6. The van der Waals surface area contributed by atoms with Crippen molar-refractivity contribution in [2.24, 2.45) is 0 Å². The number of fused-ring (bicyclic) bond motifs is 1. The molecule has 3 amide bonds. The Labute approximate surface area is 192 Å². The monoisotopic (exact) mass is 447 g/mol. The number of carbonyl (C=O) groups is 3. The van der Waals surface area contributed by atoms with Gasteiger partial charge in [0.05, 0.1) is 6.42 Å². The Morgan fingerprint density at radius 3 is 2.48 bits per heavy atom. The van der Waals surface area contributed by atoms with Crippen LogP contribution in [0.3, 0.4) is 0 Å². The van der Waals surface area contributed by atoms with Crippen molar-refractivity contribution in [1.82, 2.24) is 15.2 Å². The topological polar surface area (TPSA) is 100 Å². The molecule has 2 heterocycles. The Balaban J connectivity index is 1.41. The van der Waals surface area contributed by atoms with Crippen molar-refractivity contribution in [2.45, 2.75) is 58.0 Å². The van der Waals surface area contributed by atoms with Crippen molar-refractivity contribution in [2.75, 3.05) is 0 Å². The zero-order chi connectivity index (χ0) is 23.8. The molecule has 0 saturated carbocycles. The van der Waals surface area contributed by atoms with Crippen molar-refractivity contribution in [3.05, 3.63) is 65.4 Å². The zero-order valence-electron chi connectivity index (χ0n) is 19.1. The maximum absolute atomic E-state index is 12.4. The Bertz CT molecular complexity index is 1220. The summed E-state index contributed by atoms with van der Waals surface area (Å²) < 4.78 is 1.51. The molecule has 0 bridgehead atoms. The van der Waals surface area contributed by atoms with E-state index < -0.39 is 11.9 Å². The molecule has 1 atom stereocenters. The molecule has 3 aromatic rings. The lowest BCUT2D eigenvalue weighted by atomic mass is 9.86. The lowest BCUT2D eigenvalue weighted by Gasteiger charge is -2.22. The SMILES string of the molecule is CC(C)(C)c1ccc(CC(=O)NCc2ccc3c(O)n(C4CCC(=O)NC4=O)cc3c2)cc1. The third-order valence-corrected chi connectivity index (χ3v) is 6.10. The summed E-state index contributed by atoms with van der Waals surface area (Å²) in [6.07, 6.45) is 2.60. The number of carbonyl (C=O) groups excluding carboxylic acids is 3. The number of nitrogens with zero attached hydrogens (tertiary/aromatic N) is 1. The average Bonchev–Trinajstić information content (AvgIpc) is 3.07. The summed E-state index contributed by atoms with van der Waals surface area (Å²) in [4.78, 5) is 36.0. The van der Waals surface area contributed by atoms with Crippen LogP contribution >= 0.6 is 0 Å². The average molecular weight is 448 g/mol. The van der Waals surface area contributed by atoms with Gasteiger partial charge in [-0.05, 0) is 40.7 Å². The Morgan fingerprint density at radius 2 is 1.82 bits per heavy atom. The van der Waals surface area contributed by atoms with Crippen LogP contribution in [-0.4, -0.2) is 27.4 Å². The minimum absolute atomic E-state index is 0.00575. The highest BCUT2D eigenvalue weighted by Crippen LogP contribution is 2.33. The summed E-state index contributed by atoms with van der Waals surface area (Å²) in [7, 11) is 0. The second-order valence-corrected chi connectivity index (χ2v) is 9.65. The van der Waals surface area contributed by atoms with Crippen LogP contribution in [0.2, 0.25) is 0 Å². The van der Waals surface area contributed by atoms with E-state index in [0.717, 1.165) is 16.5 Å². The van der Waals surface area contributed by atoms with E-state index in [-0.39, 0.29) is 29.5 Å². The van der Waals surface area contributed by atoms with Gasteiger partial charge in [-0.1, -0.05) is 51.1 Å².